The standard InChI is InChI=1S/C14H13ClN2OS/c1-2-14-17-12-6-10(3-4-13(12)18-14)16-7-11-5-9(15)8-19-11/h3-6,8,16H,2,7H2,1H3. The number of fused-ring (bicyclic) bond motifs is 1. The summed E-state index contributed by atoms with van der Waals surface area (Å²) in [6, 6.07) is 7.93. The van der Waals surface area contributed by atoms with Gasteiger partial charge in [0.25, 0.3) is 0 Å². The molecule has 98 valence electrons. The van der Waals surface area contributed by atoms with Crippen LogP contribution in [0.2, 0.25) is 5.02 Å². The average Bonchev–Trinajstić information content (AvgIpc) is 3.01. The van der Waals surface area contributed by atoms with Crippen molar-refractivity contribution in [1.82, 2.24) is 4.98 Å². The molecular formula is C14H13ClN2OS. The maximum atomic E-state index is 5.90. The molecule has 0 fully saturated rings. The van der Waals surface area contributed by atoms with Gasteiger partial charge in [-0.05, 0) is 24.3 Å². The monoisotopic (exact) mass is 292 g/mol. The summed E-state index contributed by atoms with van der Waals surface area (Å²) in [5.74, 6) is 0.775. The summed E-state index contributed by atoms with van der Waals surface area (Å²) in [6.07, 6.45) is 0.811. The summed E-state index contributed by atoms with van der Waals surface area (Å²) in [5.41, 5.74) is 2.76. The van der Waals surface area contributed by atoms with E-state index < -0.39 is 0 Å². The highest BCUT2D eigenvalue weighted by Crippen LogP contribution is 2.23. The van der Waals surface area contributed by atoms with Crippen LogP contribution in [0.1, 0.15) is 17.7 Å². The van der Waals surface area contributed by atoms with E-state index in [1.54, 1.807) is 11.3 Å². The van der Waals surface area contributed by atoms with E-state index in [1.807, 2.05) is 36.6 Å². The minimum absolute atomic E-state index is 0.765. The minimum Gasteiger partial charge on any atom is -0.441 e. The van der Waals surface area contributed by atoms with Crippen LogP contribution >= 0.6 is 22.9 Å². The van der Waals surface area contributed by atoms with Gasteiger partial charge in [-0.15, -0.1) is 11.3 Å². The molecule has 0 aliphatic heterocycles. The summed E-state index contributed by atoms with van der Waals surface area (Å²) >= 11 is 7.55. The molecule has 0 amide bonds. The normalized spacial score (nSPS) is 11.1. The Balaban J connectivity index is 1.77. The second kappa shape index (κ2) is 5.23. The molecule has 1 N–H and O–H groups in total. The lowest BCUT2D eigenvalue weighted by Gasteiger charge is -2.03. The molecule has 3 aromatic rings. The Hall–Kier alpha value is -1.52. The highest BCUT2D eigenvalue weighted by atomic mass is 35.5. The summed E-state index contributed by atoms with van der Waals surface area (Å²) in [5, 5.41) is 6.09. The molecule has 0 saturated heterocycles. The lowest BCUT2D eigenvalue weighted by molar-refractivity contribution is 0.538. The summed E-state index contributed by atoms with van der Waals surface area (Å²) in [4.78, 5) is 5.63. The van der Waals surface area contributed by atoms with E-state index in [0.717, 1.165) is 40.7 Å². The summed E-state index contributed by atoms with van der Waals surface area (Å²) in [7, 11) is 0. The Morgan fingerprint density at radius 2 is 2.26 bits per heavy atom. The number of nitrogens with zero attached hydrogens (tertiary/aromatic N) is 1. The number of nitrogens with one attached hydrogen (secondary N) is 1. The number of hydrogen-bond acceptors (Lipinski definition) is 4. The molecule has 3 rings (SSSR count). The van der Waals surface area contributed by atoms with Crippen LogP contribution < -0.4 is 5.32 Å². The van der Waals surface area contributed by atoms with E-state index in [2.05, 4.69) is 10.3 Å². The number of hydrogen-bond donors (Lipinski definition) is 1. The highest BCUT2D eigenvalue weighted by molar-refractivity contribution is 7.10. The quantitative estimate of drug-likeness (QED) is 0.756. The number of anilines is 1. The van der Waals surface area contributed by atoms with E-state index in [1.165, 1.54) is 4.88 Å². The zero-order valence-electron chi connectivity index (χ0n) is 10.4. The molecule has 1 aromatic carbocycles. The van der Waals surface area contributed by atoms with E-state index in [9.17, 15) is 0 Å². The Morgan fingerprint density at radius 3 is 3.00 bits per heavy atom. The molecule has 3 nitrogen and oxygen atoms in total. The predicted octanol–water partition coefficient (Wildman–Crippen LogP) is 4.72. The van der Waals surface area contributed by atoms with Crippen molar-refractivity contribution in [3.8, 4) is 0 Å². The van der Waals surface area contributed by atoms with Gasteiger partial charge in [-0.2, -0.15) is 0 Å². The van der Waals surface area contributed by atoms with E-state index in [4.69, 9.17) is 16.0 Å². The number of benzene rings is 1. The van der Waals surface area contributed by atoms with Gasteiger partial charge < -0.3 is 9.73 Å². The SMILES string of the molecule is CCc1nc2cc(NCc3cc(Cl)cs3)ccc2o1. The zero-order chi connectivity index (χ0) is 13.2. The molecule has 5 heteroatoms. The van der Waals surface area contributed by atoms with Gasteiger partial charge in [-0.25, -0.2) is 4.98 Å². The van der Waals surface area contributed by atoms with Crippen molar-refractivity contribution in [2.75, 3.05) is 5.32 Å². The number of oxazole rings is 1. The van der Waals surface area contributed by atoms with Crippen LogP contribution in [-0.2, 0) is 13.0 Å². The first-order valence-corrected chi connectivity index (χ1v) is 7.36. The topological polar surface area (TPSA) is 38.1 Å². The maximum Gasteiger partial charge on any atom is 0.195 e. The molecule has 2 heterocycles. The average molecular weight is 293 g/mol. The van der Waals surface area contributed by atoms with E-state index >= 15 is 0 Å². The largest absolute Gasteiger partial charge is 0.441 e. The fraction of sp³-hybridized carbons (Fsp3) is 0.214. The van der Waals surface area contributed by atoms with Crippen molar-refractivity contribution >= 4 is 39.7 Å². The molecule has 0 spiro atoms. The van der Waals surface area contributed by atoms with Crippen LogP contribution in [0.3, 0.4) is 0 Å². The van der Waals surface area contributed by atoms with E-state index in [-0.39, 0.29) is 0 Å². The van der Waals surface area contributed by atoms with Crippen molar-refractivity contribution in [3.63, 3.8) is 0 Å². The predicted molar refractivity (Wildman–Crippen MR) is 80.0 cm³/mol. The number of halogens is 1. The van der Waals surface area contributed by atoms with Crippen molar-refractivity contribution in [2.24, 2.45) is 0 Å². The van der Waals surface area contributed by atoms with Gasteiger partial charge in [-0.3, -0.25) is 0 Å². The molecular weight excluding hydrogens is 280 g/mol. The summed E-state index contributed by atoms with van der Waals surface area (Å²) in [6.45, 7) is 2.80. The van der Waals surface area contributed by atoms with Crippen LogP contribution in [0.4, 0.5) is 5.69 Å². The Bertz CT molecular complexity index is 704. The van der Waals surface area contributed by atoms with Crippen molar-refractivity contribution in [2.45, 2.75) is 19.9 Å². The second-order valence-corrected chi connectivity index (χ2v) is 5.66. The zero-order valence-corrected chi connectivity index (χ0v) is 12.0. The van der Waals surface area contributed by atoms with Crippen LogP contribution in [0, 0.1) is 0 Å². The molecule has 2 aromatic heterocycles. The van der Waals surface area contributed by atoms with Crippen LogP contribution in [0.5, 0.6) is 0 Å². The highest BCUT2D eigenvalue weighted by Gasteiger charge is 2.05. The summed E-state index contributed by atoms with van der Waals surface area (Å²) < 4.78 is 5.58. The van der Waals surface area contributed by atoms with Gasteiger partial charge in [0.15, 0.2) is 11.5 Å². The first-order chi connectivity index (χ1) is 9.24. The first-order valence-electron chi connectivity index (χ1n) is 6.11. The lowest BCUT2D eigenvalue weighted by atomic mass is 10.3. The Kier molecular flexibility index (Phi) is 3.44. The minimum atomic E-state index is 0.765. The molecule has 0 radical (unpaired) electrons. The molecule has 0 saturated carbocycles. The number of aryl methyl sites for hydroxylation is 1. The Labute approximate surface area is 120 Å². The lowest BCUT2D eigenvalue weighted by Crippen LogP contribution is -1.96. The fourth-order valence-electron chi connectivity index (χ4n) is 1.87. The molecule has 0 aliphatic carbocycles. The van der Waals surface area contributed by atoms with Crippen LogP contribution in [0.15, 0.2) is 34.1 Å². The molecule has 0 bridgehead atoms. The number of thiophene rings is 1. The smallest absolute Gasteiger partial charge is 0.195 e. The molecule has 19 heavy (non-hydrogen) atoms. The molecule has 0 unspecified atom stereocenters. The van der Waals surface area contributed by atoms with Crippen molar-refractivity contribution in [1.29, 1.82) is 0 Å². The van der Waals surface area contributed by atoms with Gasteiger partial charge in [0, 0.05) is 28.9 Å². The second-order valence-electron chi connectivity index (χ2n) is 4.23. The van der Waals surface area contributed by atoms with Gasteiger partial charge in [0.1, 0.15) is 5.52 Å². The van der Waals surface area contributed by atoms with Gasteiger partial charge in [0.2, 0.25) is 0 Å². The van der Waals surface area contributed by atoms with E-state index in [0.29, 0.717) is 0 Å². The number of aromatic nitrogens is 1. The fourth-order valence-corrected chi connectivity index (χ4v) is 2.88. The third-order valence-corrected chi connectivity index (χ3v) is 4.11. The Morgan fingerprint density at radius 1 is 1.37 bits per heavy atom. The van der Waals surface area contributed by atoms with Crippen LogP contribution in [0.25, 0.3) is 11.1 Å². The first kappa shape index (κ1) is 12.5. The van der Waals surface area contributed by atoms with Crippen molar-refractivity contribution in [3.05, 3.63) is 45.4 Å². The van der Waals surface area contributed by atoms with Gasteiger partial charge >= 0.3 is 0 Å². The third-order valence-electron chi connectivity index (χ3n) is 2.82. The van der Waals surface area contributed by atoms with Gasteiger partial charge in [-0.1, -0.05) is 18.5 Å². The van der Waals surface area contributed by atoms with Gasteiger partial charge in [0.05, 0.1) is 5.02 Å². The van der Waals surface area contributed by atoms with Crippen LogP contribution in [-0.4, -0.2) is 4.98 Å². The molecule has 0 aliphatic rings. The van der Waals surface area contributed by atoms with Crippen molar-refractivity contribution < 1.29 is 4.42 Å². The number of rotatable bonds is 4. The maximum absolute atomic E-state index is 5.90. The molecule has 0 atom stereocenters. The third kappa shape index (κ3) is 2.74.